The van der Waals surface area contributed by atoms with Crippen LogP contribution in [0.3, 0.4) is 0 Å². The zero-order valence-corrected chi connectivity index (χ0v) is 38.4. The minimum absolute atomic E-state index is 0.0510. The normalized spacial score (nSPS) is 24.0. The molecule has 0 bridgehead atoms. The summed E-state index contributed by atoms with van der Waals surface area (Å²) < 4.78 is 24.9. The number of carbonyl (C=O) groups is 2. The number of esters is 2. The summed E-state index contributed by atoms with van der Waals surface area (Å²) >= 11 is 0. The molecule has 6 aromatic rings. The number of aromatic hydroxyl groups is 3. The number of hydrogen-bond donors (Lipinski definition) is 3. The molecule has 4 aliphatic rings. The zero-order chi connectivity index (χ0) is 46.5. The molecule has 0 amide bonds. The highest BCUT2D eigenvalue weighted by Gasteiger charge is 2.57. The van der Waals surface area contributed by atoms with Gasteiger partial charge in [-0.2, -0.15) is 0 Å². The Hall–Kier alpha value is -6.74. The summed E-state index contributed by atoms with van der Waals surface area (Å²) in [4.78, 5) is 28.8. The van der Waals surface area contributed by atoms with Crippen molar-refractivity contribution in [1.82, 2.24) is 0 Å². The van der Waals surface area contributed by atoms with Crippen LogP contribution in [-0.2, 0) is 43.7 Å². The maximum atomic E-state index is 15.5. The first-order valence-electron chi connectivity index (χ1n) is 23.7. The second-order valence-electron chi connectivity index (χ2n) is 19.3. The molecule has 0 radical (unpaired) electrons. The minimum atomic E-state index is -0.914. The van der Waals surface area contributed by atoms with Gasteiger partial charge in [0.1, 0.15) is 18.0 Å². The van der Waals surface area contributed by atoms with E-state index in [0.29, 0.717) is 50.0 Å². The molecule has 9 nitrogen and oxygen atoms in total. The van der Waals surface area contributed by atoms with Gasteiger partial charge >= 0.3 is 11.9 Å². The molecule has 3 N–H and O–H groups in total. The van der Waals surface area contributed by atoms with Gasteiger partial charge in [-0.05, 0) is 155 Å². The molecule has 0 heterocycles. The van der Waals surface area contributed by atoms with Crippen molar-refractivity contribution in [2.45, 2.75) is 94.7 Å². The Kier molecular flexibility index (Phi) is 11.7. The average Bonchev–Trinajstić information content (AvgIpc) is 3.84. The number of carbonyl (C=O) groups excluding carboxylic acids is 2. The maximum Gasteiger partial charge on any atom is 0.316 e. The summed E-state index contributed by atoms with van der Waals surface area (Å²) in [6, 6.07) is 37.4. The molecule has 0 unspecified atom stereocenters. The number of aryl methyl sites for hydroxylation is 1. The van der Waals surface area contributed by atoms with Crippen LogP contribution in [0.25, 0.3) is 28.0 Å². The standard InChI is InChI=1S/C58H58O9/c1-35(59)66-53-32-44(67-56(63)57(21-10-11-22-57)42-18-16-38-24-43(60)30-46(45(38)29-42)37-14-8-5-9-15-37)31-48-47-33-55(65-3)51(61)26-39(47)17-19-49(48)58(23-20-36-12-6-4-7-13-36)34-41-27-52(62)54(64-2)28-40(41)25-50(53)58/h4-9,12-16,18,20,23-24,26-30,33,44,48-50,53,60-62H,10-11,17,19,21-22,25,31-32,34H2,1-3H3/b23-20+/t44-,48-,49-,50+,53+,58+/m0/s1. The van der Waals surface area contributed by atoms with E-state index in [0.717, 1.165) is 74.5 Å². The molecule has 2 saturated carbocycles. The molecular weight excluding hydrogens is 841 g/mol. The lowest BCUT2D eigenvalue weighted by Crippen LogP contribution is -2.54. The van der Waals surface area contributed by atoms with Crippen molar-refractivity contribution in [3.05, 3.63) is 155 Å². The second-order valence-corrected chi connectivity index (χ2v) is 19.3. The number of rotatable bonds is 9. The first-order valence-corrected chi connectivity index (χ1v) is 23.7. The van der Waals surface area contributed by atoms with Crippen LogP contribution in [0.4, 0.5) is 0 Å². The molecule has 0 saturated heterocycles. The van der Waals surface area contributed by atoms with Crippen LogP contribution in [-0.4, -0.2) is 53.7 Å². The highest BCUT2D eigenvalue weighted by atomic mass is 16.6. The van der Waals surface area contributed by atoms with Crippen LogP contribution in [0, 0.1) is 17.3 Å². The number of phenolic OH excluding ortho intramolecular Hbond substituents is 3. The van der Waals surface area contributed by atoms with Crippen LogP contribution >= 0.6 is 0 Å². The number of benzene rings is 6. The summed E-state index contributed by atoms with van der Waals surface area (Å²) in [5.41, 5.74) is 6.37. The Morgan fingerprint density at radius 3 is 2.13 bits per heavy atom. The van der Waals surface area contributed by atoms with E-state index in [1.807, 2.05) is 84.9 Å². The summed E-state index contributed by atoms with van der Waals surface area (Å²) in [7, 11) is 3.11. The lowest BCUT2D eigenvalue weighted by molar-refractivity contribution is -0.168. The smallest absolute Gasteiger partial charge is 0.316 e. The van der Waals surface area contributed by atoms with Gasteiger partial charge in [-0.25, -0.2) is 0 Å². The van der Waals surface area contributed by atoms with Crippen LogP contribution in [0.2, 0.25) is 0 Å². The fourth-order valence-corrected chi connectivity index (χ4v) is 12.7. The molecule has 67 heavy (non-hydrogen) atoms. The molecular formula is C58H58O9. The fourth-order valence-electron chi connectivity index (χ4n) is 12.7. The Labute approximate surface area is 392 Å². The van der Waals surface area contributed by atoms with Gasteiger partial charge in [-0.3, -0.25) is 9.59 Å². The third kappa shape index (κ3) is 8.06. The summed E-state index contributed by atoms with van der Waals surface area (Å²) in [5.74, 6) is -0.0605. The quantitative estimate of drug-likeness (QED) is 0.121. The molecule has 0 aromatic heterocycles. The van der Waals surface area contributed by atoms with E-state index in [-0.39, 0.29) is 47.4 Å². The Balaban J connectivity index is 1.11. The minimum Gasteiger partial charge on any atom is -0.508 e. The van der Waals surface area contributed by atoms with Crippen molar-refractivity contribution in [2.75, 3.05) is 14.2 Å². The molecule has 344 valence electrons. The van der Waals surface area contributed by atoms with E-state index in [4.69, 9.17) is 18.9 Å². The predicted molar refractivity (Wildman–Crippen MR) is 259 cm³/mol. The van der Waals surface area contributed by atoms with Crippen molar-refractivity contribution < 1.29 is 43.9 Å². The maximum absolute atomic E-state index is 15.5. The van der Waals surface area contributed by atoms with Gasteiger partial charge in [0.25, 0.3) is 0 Å². The van der Waals surface area contributed by atoms with Gasteiger partial charge in [0.2, 0.25) is 0 Å². The lowest BCUT2D eigenvalue weighted by Gasteiger charge is -2.56. The van der Waals surface area contributed by atoms with Gasteiger partial charge < -0.3 is 34.3 Å². The fraction of sp³-hybridized carbons (Fsp3) is 0.345. The molecule has 9 heteroatoms. The third-order valence-electron chi connectivity index (χ3n) is 15.7. The zero-order valence-electron chi connectivity index (χ0n) is 38.4. The Morgan fingerprint density at radius 1 is 0.716 bits per heavy atom. The SMILES string of the molecule is COc1cc2c(cc1O)C[C@@]1(/C=C/c3ccccc3)[C@H](C2)[C@H](OC(C)=O)C[C@@H](OC(=O)C2(c3ccc4cc(O)cc(-c5ccccc5)c4c3)CCCC2)C[C@H]2c3cc(OC)c(O)cc3CC[C@@H]21. The monoisotopic (exact) mass is 898 g/mol. The molecule has 6 aromatic carbocycles. The number of fused-ring (bicyclic) bond motifs is 7. The molecule has 6 atom stereocenters. The number of allylic oxidation sites excluding steroid dienone is 1. The molecule has 0 aliphatic heterocycles. The first kappa shape index (κ1) is 44.1. The van der Waals surface area contributed by atoms with Crippen molar-refractivity contribution in [2.24, 2.45) is 17.3 Å². The summed E-state index contributed by atoms with van der Waals surface area (Å²) in [6.45, 7) is 1.45. The second kappa shape index (κ2) is 17.8. The third-order valence-corrected chi connectivity index (χ3v) is 15.7. The Bertz CT molecular complexity index is 2860. The van der Waals surface area contributed by atoms with Gasteiger partial charge in [-0.1, -0.05) is 97.8 Å². The van der Waals surface area contributed by atoms with Crippen molar-refractivity contribution in [3.8, 4) is 39.9 Å². The number of ether oxygens (including phenoxy) is 4. The van der Waals surface area contributed by atoms with Crippen molar-refractivity contribution in [3.63, 3.8) is 0 Å². The van der Waals surface area contributed by atoms with Gasteiger partial charge in [0.15, 0.2) is 23.0 Å². The Morgan fingerprint density at radius 2 is 1.42 bits per heavy atom. The highest BCUT2D eigenvalue weighted by Crippen LogP contribution is 2.61. The number of hydrogen-bond acceptors (Lipinski definition) is 9. The van der Waals surface area contributed by atoms with E-state index >= 15 is 4.79 Å². The van der Waals surface area contributed by atoms with Gasteiger partial charge in [-0.15, -0.1) is 0 Å². The van der Waals surface area contributed by atoms with E-state index < -0.39 is 29.0 Å². The van der Waals surface area contributed by atoms with Crippen molar-refractivity contribution in [1.29, 1.82) is 0 Å². The van der Waals surface area contributed by atoms with E-state index in [1.165, 1.54) is 6.92 Å². The van der Waals surface area contributed by atoms with E-state index in [2.05, 4.69) is 30.4 Å². The van der Waals surface area contributed by atoms with Crippen LogP contribution in [0.1, 0.15) is 91.2 Å². The van der Waals surface area contributed by atoms with Gasteiger partial charge in [0.05, 0.1) is 19.6 Å². The topological polar surface area (TPSA) is 132 Å². The average molecular weight is 899 g/mol. The molecule has 2 fully saturated rings. The number of methoxy groups -OCH3 is 2. The van der Waals surface area contributed by atoms with Crippen LogP contribution in [0.15, 0.2) is 121 Å². The summed E-state index contributed by atoms with van der Waals surface area (Å²) in [6.07, 6.45) is 9.52. The van der Waals surface area contributed by atoms with Crippen LogP contribution < -0.4 is 9.47 Å². The molecule has 4 aliphatic carbocycles. The lowest BCUT2D eigenvalue weighted by atomic mass is 9.49. The summed E-state index contributed by atoms with van der Waals surface area (Å²) in [5, 5.41) is 34.9. The van der Waals surface area contributed by atoms with Crippen LogP contribution in [0.5, 0.6) is 28.7 Å². The van der Waals surface area contributed by atoms with Gasteiger partial charge in [0, 0.05) is 24.7 Å². The largest absolute Gasteiger partial charge is 0.508 e. The number of phenols is 3. The highest BCUT2D eigenvalue weighted by molar-refractivity contribution is 5.99. The molecule has 0 spiro atoms. The van der Waals surface area contributed by atoms with E-state index in [9.17, 15) is 20.1 Å². The molecule has 10 rings (SSSR count). The first-order chi connectivity index (χ1) is 32.5. The van der Waals surface area contributed by atoms with Crippen molar-refractivity contribution >= 4 is 28.8 Å². The predicted octanol–water partition coefficient (Wildman–Crippen LogP) is 11.6. The van der Waals surface area contributed by atoms with E-state index in [1.54, 1.807) is 26.4 Å².